The van der Waals surface area contributed by atoms with Crippen molar-refractivity contribution in [2.45, 2.75) is 45.1 Å². The van der Waals surface area contributed by atoms with Gasteiger partial charge in [-0.15, -0.1) is 0 Å². The summed E-state index contributed by atoms with van der Waals surface area (Å²) in [6, 6.07) is 12.3. The molecule has 146 valence electrons. The van der Waals surface area contributed by atoms with Crippen LogP contribution >= 0.6 is 0 Å². The molecule has 1 aliphatic carbocycles. The molecular formula is C22H25N3O3. The molecule has 0 saturated heterocycles. The molecule has 6 heteroatoms. The van der Waals surface area contributed by atoms with Crippen LogP contribution in [0.3, 0.4) is 0 Å². The van der Waals surface area contributed by atoms with Crippen LogP contribution in [0.25, 0.3) is 0 Å². The Bertz CT molecular complexity index is 824. The number of nitrogens with zero attached hydrogens (tertiary/aromatic N) is 2. The normalized spacial score (nSPS) is 15.3. The summed E-state index contributed by atoms with van der Waals surface area (Å²) in [5.74, 6) is 1.75. The van der Waals surface area contributed by atoms with E-state index in [1.807, 2.05) is 12.1 Å². The van der Waals surface area contributed by atoms with Gasteiger partial charge in [0.15, 0.2) is 17.7 Å². The van der Waals surface area contributed by atoms with Crippen molar-refractivity contribution in [2.75, 3.05) is 11.9 Å². The second kappa shape index (κ2) is 9.75. The first kappa shape index (κ1) is 19.7. The van der Waals surface area contributed by atoms with Crippen molar-refractivity contribution in [3.63, 3.8) is 0 Å². The first-order valence-corrected chi connectivity index (χ1v) is 9.71. The van der Waals surface area contributed by atoms with E-state index in [-0.39, 0.29) is 5.91 Å². The van der Waals surface area contributed by atoms with Crippen molar-refractivity contribution in [1.29, 1.82) is 5.26 Å². The van der Waals surface area contributed by atoms with Gasteiger partial charge in [-0.25, -0.2) is 4.98 Å². The molecule has 1 aromatic heterocycles. The number of ether oxygens (including phenoxy) is 2. The maximum absolute atomic E-state index is 12.5. The number of amides is 1. The van der Waals surface area contributed by atoms with Gasteiger partial charge in [0.2, 0.25) is 0 Å². The number of pyridine rings is 1. The summed E-state index contributed by atoms with van der Waals surface area (Å²) in [4.78, 5) is 16.8. The first-order chi connectivity index (χ1) is 13.7. The average molecular weight is 379 g/mol. The minimum Gasteiger partial charge on any atom is -0.489 e. The van der Waals surface area contributed by atoms with Crippen molar-refractivity contribution >= 4 is 11.7 Å². The number of benzene rings is 1. The highest BCUT2D eigenvalue weighted by Crippen LogP contribution is 2.27. The van der Waals surface area contributed by atoms with Crippen LogP contribution < -0.4 is 14.8 Å². The molecule has 0 bridgehead atoms. The summed E-state index contributed by atoms with van der Waals surface area (Å²) in [6.07, 6.45) is 7.11. The van der Waals surface area contributed by atoms with Gasteiger partial charge in [-0.1, -0.05) is 19.3 Å². The third-order valence-corrected chi connectivity index (χ3v) is 4.88. The van der Waals surface area contributed by atoms with E-state index in [4.69, 9.17) is 14.7 Å². The molecule has 1 saturated carbocycles. The summed E-state index contributed by atoms with van der Waals surface area (Å²) >= 11 is 0. The molecule has 1 fully saturated rings. The molecule has 2 aromatic rings. The van der Waals surface area contributed by atoms with Crippen LogP contribution in [0, 0.1) is 17.2 Å². The standard InChI is InChI=1S/C22H25N3O3/c1-16(28-19-11-9-17(14-23)10-12-19)22(26)25-21-20(8-5-13-24-21)27-15-18-6-3-2-4-7-18/h5,8-13,16,18H,2-4,6-7,15H2,1H3,(H,24,25,26). The molecular weight excluding hydrogens is 354 g/mol. The van der Waals surface area contributed by atoms with E-state index in [1.54, 1.807) is 43.5 Å². The Kier molecular flexibility index (Phi) is 6.85. The number of carbonyl (C=O) groups excluding carboxylic acids is 1. The lowest BCUT2D eigenvalue weighted by molar-refractivity contribution is -0.122. The van der Waals surface area contributed by atoms with E-state index >= 15 is 0 Å². The van der Waals surface area contributed by atoms with Crippen LogP contribution in [-0.2, 0) is 4.79 Å². The molecule has 6 nitrogen and oxygen atoms in total. The van der Waals surface area contributed by atoms with Crippen LogP contribution in [0.2, 0.25) is 0 Å². The van der Waals surface area contributed by atoms with Gasteiger partial charge in [-0.3, -0.25) is 4.79 Å². The Morgan fingerprint density at radius 1 is 1.25 bits per heavy atom. The summed E-state index contributed by atoms with van der Waals surface area (Å²) < 4.78 is 11.6. The van der Waals surface area contributed by atoms with Gasteiger partial charge in [0, 0.05) is 6.20 Å². The third kappa shape index (κ3) is 5.46. The molecule has 1 N–H and O–H groups in total. The summed E-state index contributed by atoms with van der Waals surface area (Å²) in [7, 11) is 0. The van der Waals surface area contributed by atoms with Gasteiger partial charge in [0.05, 0.1) is 18.2 Å². The second-order valence-corrected chi connectivity index (χ2v) is 7.05. The van der Waals surface area contributed by atoms with E-state index in [9.17, 15) is 4.79 Å². The molecule has 0 aliphatic heterocycles. The summed E-state index contributed by atoms with van der Waals surface area (Å²) in [6.45, 7) is 2.31. The number of anilines is 1. The van der Waals surface area contributed by atoms with Gasteiger partial charge in [-0.05, 0) is 62.1 Å². The molecule has 0 radical (unpaired) electrons. The first-order valence-electron chi connectivity index (χ1n) is 9.71. The van der Waals surface area contributed by atoms with E-state index < -0.39 is 6.10 Å². The van der Waals surface area contributed by atoms with Gasteiger partial charge < -0.3 is 14.8 Å². The van der Waals surface area contributed by atoms with Gasteiger partial charge >= 0.3 is 0 Å². The van der Waals surface area contributed by atoms with E-state index in [1.165, 1.54) is 32.1 Å². The summed E-state index contributed by atoms with van der Waals surface area (Å²) in [5.41, 5.74) is 0.540. The Morgan fingerprint density at radius 2 is 2.00 bits per heavy atom. The average Bonchev–Trinajstić information content (AvgIpc) is 2.74. The van der Waals surface area contributed by atoms with Crippen LogP contribution in [0.15, 0.2) is 42.6 Å². The SMILES string of the molecule is CC(Oc1ccc(C#N)cc1)C(=O)Nc1ncccc1OCC1CCCCC1. The fraction of sp³-hybridized carbons (Fsp3) is 0.409. The van der Waals surface area contributed by atoms with Crippen LogP contribution in [0.5, 0.6) is 11.5 Å². The lowest BCUT2D eigenvalue weighted by Gasteiger charge is -2.22. The van der Waals surface area contributed by atoms with Crippen molar-refractivity contribution < 1.29 is 14.3 Å². The predicted octanol–water partition coefficient (Wildman–Crippen LogP) is 4.32. The fourth-order valence-corrected chi connectivity index (χ4v) is 3.25. The highest BCUT2D eigenvalue weighted by Gasteiger charge is 2.19. The Labute approximate surface area is 165 Å². The van der Waals surface area contributed by atoms with Crippen molar-refractivity contribution in [2.24, 2.45) is 5.92 Å². The largest absolute Gasteiger partial charge is 0.489 e. The van der Waals surface area contributed by atoms with Gasteiger partial charge in [0.1, 0.15) is 5.75 Å². The molecule has 1 heterocycles. The number of hydrogen-bond acceptors (Lipinski definition) is 5. The van der Waals surface area contributed by atoms with Crippen molar-refractivity contribution in [1.82, 2.24) is 4.98 Å². The maximum Gasteiger partial charge on any atom is 0.266 e. The van der Waals surface area contributed by atoms with Crippen LogP contribution in [-0.4, -0.2) is 23.6 Å². The van der Waals surface area contributed by atoms with Crippen molar-refractivity contribution in [3.8, 4) is 17.6 Å². The lowest BCUT2D eigenvalue weighted by Crippen LogP contribution is -2.30. The molecule has 1 atom stereocenters. The zero-order valence-corrected chi connectivity index (χ0v) is 16.1. The third-order valence-electron chi connectivity index (χ3n) is 4.88. The minimum atomic E-state index is -0.721. The quantitative estimate of drug-likeness (QED) is 0.774. The topological polar surface area (TPSA) is 84.2 Å². The zero-order chi connectivity index (χ0) is 19.8. The van der Waals surface area contributed by atoms with E-state index in [0.717, 1.165) is 0 Å². The van der Waals surface area contributed by atoms with Crippen LogP contribution in [0.4, 0.5) is 5.82 Å². The predicted molar refractivity (Wildman–Crippen MR) is 106 cm³/mol. The molecule has 0 spiro atoms. The highest BCUT2D eigenvalue weighted by atomic mass is 16.5. The Hall–Kier alpha value is -3.07. The van der Waals surface area contributed by atoms with Gasteiger partial charge in [-0.2, -0.15) is 5.26 Å². The number of nitriles is 1. The highest BCUT2D eigenvalue weighted by molar-refractivity contribution is 5.94. The molecule has 1 aliphatic rings. The van der Waals surface area contributed by atoms with E-state index in [0.29, 0.717) is 35.4 Å². The lowest BCUT2D eigenvalue weighted by atomic mass is 9.90. The molecule has 1 aromatic carbocycles. The second-order valence-electron chi connectivity index (χ2n) is 7.05. The maximum atomic E-state index is 12.5. The fourth-order valence-electron chi connectivity index (χ4n) is 3.25. The minimum absolute atomic E-state index is 0.314. The number of rotatable bonds is 7. The zero-order valence-electron chi connectivity index (χ0n) is 16.1. The molecule has 28 heavy (non-hydrogen) atoms. The van der Waals surface area contributed by atoms with Crippen molar-refractivity contribution in [3.05, 3.63) is 48.2 Å². The smallest absolute Gasteiger partial charge is 0.266 e. The Balaban J connectivity index is 1.57. The van der Waals surface area contributed by atoms with Gasteiger partial charge in [0.25, 0.3) is 5.91 Å². The number of hydrogen-bond donors (Lipinski definition) is 1. The van der Waals surface area contributed by atoms with E-state index in [2.05, 4.69) is 10.3 Å². The van der Waals surface area contributed by atoms with Crippen LogP contribution in [0.1, 0.15) is 44.6 Å². The monoisotopic (exact) mass is 379 g/mol. The number of aromatic nitrogens is 1. The molecule has 1 amide bonds. The molecule has 3 rings (SSSR count). The Morgan fingerprint density at radius 3 is 2.71 bits per heavy atom. The summed E-state index contributed by atoms with van der Waals surface area (Å²) in [5, 5.41) is 11.6. The number of carbonyl (C=O) groups is 1. The number of nitrogens with one attached hydrogen (secondary N) is 1. The molecule has 1 unspecified atom stereocenters.